The van der Waals surface area contributed by atoms with E-state index >= 15 is 0 Å². The molecule has 1 N–H and O–H groups in total. The minimum absolute atomic E-state index is 0.0479. The topological polar surface area (TPSA) is 77.9 Å². The van der Waals surface area contributed by atoms with Crippen LogP contribution in [0.2, 0.25) is 0 Å². The maximum atomic E-state index is 12.6. The van der Waals surface area contributed by atoms with Crippen LogP contribution in [0.25, 0.3) is 0 Å². The molecule has 6 heteroatoms. The lowest BCUT2D eigenvalue weighted by atomic mass is 9.93. The van der Waals surface area contributed by atoms with Crippen molar-refractivity contribution in [3.8, 4) is 0 Å². The van der Waals surface area contributed by atoms with Crippen molar-refractivity contribution in [1.29, 1.82) is 0 Å². The van der Waals surface area contributed by atoms with E-state index in [4.69, 9.17) is 5.11 Å². The van der Waals surface area contributed by atoms with E-state index in [1.807, 2.05) is 30.3 Å². The van der Waals surface area contributed by atoms with Crippen molar-refractivity contribution >= 4 is 17.8 Å². The monoisotopic (exact) mass is 360 g/mol. The zero-order chi connectivity index (χ0) is 18.9. The van der Waals surface area contributed by atoms with E-state index in [0.717, 1.165) is 24.8 Å². The first-order valence-electron chi connectivity index (χ1n) is 9.24. The molecule has 142 valence electrons. The first-order valence-corrected chi connectivity index (χ1v) is 9.24. The Morgan fingerprint density at radius 3 is 2.62 bits per heavy atom. The molecular weight excluding hydrogens is 332 g/mol. The number of benzene rings is 1. The van der Waals surface area contributed by atoms with Crippen molar-refractivity contribution in [3.63, 3.8) is 0 Å². The minimum atomic E-state index is -0.794. The summed E-state index contributed by atoms with van der Waals surface area (Å²) >= 11 is 0. The molecule has 0 spiro atoms. The third kappa shape index (κ3) is 6.50. The number of rotatable bonds is 8. The summed E-state index contributed by atoms with van der Waals surface area (Å²) in [6, 6.07) is 9.90. The number of likely N-dealkylation sites (tertiary alicyclic amines) is 1. The predicted octanol–water partition coefficient (Wildman–Crippen LogP) is 2.18. The van der Waals surface area contributed by atoms with Gasteiger partial charge >= 0.3 is 5.97 Å². The van der Waals surface area contributed by atoms with Crippen LogP contribution in [-0.2, 0) is 20.8 Å². The van der Waals surface area contributed by atoms with Gasteiger partial charge in [-0.25, -0.2) is 0 Å². The Morgan fingerprint density at radius 1 is 1.23 bits per heavy atom. The van der Waals surface area contributed by atoms with E-state index in [1.165, 1.54) is 6.92 Å². The van der Waals surface area contributed by atoms with Gasteiger partial charge in [0.2, 0.25) is 11.8 Å². The number of hydrogen-bond donors (Lipinski definition) is 1. The number of carboxylic acid groups (broad SMARTS) is 1. The number of nitrogens with zero attached hydrogens (tertiary/aromatic N) is 2. The molecular formula is C20H28N2O4. The van der Waals surface area contributed by atoms with Crippen LogP contribution in [-0.4, -0.2) is 58.9 Å². The van der Waals surface area contributed by atoms with Gasteiger partial charge < -0.3 is 14.9 Å². The largest absolute Gasteiger partial charge is 0.481 e. The second kappa shape index (κ2) is 9.94. The van der Waals surface area contributed by atoms with Crippen LogP contribution in [0, 0.1) is 5.92 Å². The van der Waals surface area contributed by atoms with Crippen molar-refractivity contribution in [2.45, 2.75) is 39.0 Å². The molecule has 1 aromatic carbocycles. The molecule has 0 aromatic heterocycles. The van der Waals surface area contributed by atoms with E-state index in [9.17, 15) is 14.4 Å². The average molecular weight is 360 g/mol. The smallest absolute Gasteiger partial charge is 0.303 e. The van der Waals surface area contributed by atoms with Gasteiger partial charge in [-0.1, -0.05) is 30.3 Å². The van der Waals surface area contributed by atoms with Crippen molar-refractivity contribution in [1.82, 2.24) is 9.80 Å². The molecule has 0 bridgehead atoms. The summed E-state index contributed by atoms with van der Waals surface area (Å²) in [6.45, 7) is 3.38. The number of piperidine rings is 1. The number of carbonyl (C=O) groups excluding carboxylic acids is 2. The summed E-state index contributed by atoms with van der Waals surface area (Å²) < 4.78 is 0. The number of hydrogen-bond acceptors (Lipinski definition) is 3. The van der Waals surface area contributed by atoms with Gasteiger partial charge in [0.05, 0.1) is 6.54 Å². The molecule has 0 radical (unpaired) electrons. The third-order valence-electron chi connectivity index (χ3n) is 4.92. The third-order valence-corrected chi connectivity index (χ3v) is 4.92. The molecule has 1 heterocycles. The Bertz CT molecular complexity index is 617. The summed E-state index contributed by atoms with van der Waals surface area (Å²) in [5.41, 5.74) is 1.14. The standard InChI is InChI=1S/C20H28N2O4/c1-16(23)21(13-11-17-6-3-2-4-7-17)15-19(24)22-12-5-8-18(14-22)9-10-20(25)26/h2-4,6-7,18H,5,8-15H2,1H3,(H,25,26). The van der Waals surface area contributed by atoms with E-state index in [-0.39, 0.29) is 30.7 Å². The second-order valence-corrected chi connectivity index (χ2v) is 6.96. The molecule has 1 saturated heterocycles. The Hall–Kier alpha value is -2.37. The fourth-order valence-electron chi connectivity index (χ4n) is 3.37. The zero-order valence-electron chi connectivity index (χ0n) is 15.4. The summed E-state index contributed by atoms with van der Waals surface area (Å²) in [7, 11) is 0. The van der Waals surface area contributed by atoms with E-state index in [2.05, 4.69) is 0 Å². The highest BCUT2D eigenvalue weighted by molar-refractivity contribution is 5.84. The average Bonchev–Trinajstić information content (AvgIpc) is 2.64. The number of carbonyl (C=O) groups is 3. The van der Waals surface area contributed by atoms with Crippen molar-refractivity contribution in [2.24, 2.45) is 5.92 Å². The molecule has 2 amide bonds. The first kappa shape index (κ1) is 19.9. The highest BCUT2D eigenvalue weighted by atomic mass is 16.4. The Kier molecular flexibility index (Phi) is 7.63. The highest BCUT2D eigenvalue weighted by Gasteiger charge is 2.25. The van der Waals surface area contributed by atoms with Crippen molar-refractivity contribution in [3.05, 3.63) is 35.9 Å². The fourth-order valence-corrected chi connectivity index (χ4v) is 3.37. The number of amides is 2. The van der Waals surface area contributed by atoms with E-state index in [1.54, 1.807) is 9.80 Å². The van der Waals surface area contributed by atoms with Crippen LogP contribution in [0.15, 0.2) is 30.3 Å². The van der Waals surface area contributed by atoms with Crippen molar-refractivity contribution < 1.29 is 19.5 Å². The molecule has 0 aliphatic carbocycles. The molecule has 1 atom stereocenters. The molecule has 6 nitrogen and oxygen atoms in total. The fraction of sp³-hybridized carbons (Fsp3) is 0.550. The number of aliphatic carboxylic acids is 1. The Labute approximate surface area is 154 Å². The summed E-state index contributed by atoms with van der Waals surface area (Å²) in [5, 5.41) is 8.83. The first-order chi connectivity index (χ1) is 12.5. The van der Waals surface area contributed by atoms with Gasteiger partial charge in [0.25, 0.3) is 0 Å². The molecule has 0 saturated carbocycles. The van der Waals surface area contributed by atoms with Gasteiger partial charge in [-0.05, 0) is 37.2 Å². The maximum absolute atomic E-state index is 12.6. The molecule has 1 aliphatic rings. The lowest BCUT2D eigenvalue weighted by molar-refractivity contribution is -0.140. The summed E-state index contributed by atoms with van der Waals surface area (Å²) in [5.74, 6) is -0.710. The van der Waals surface area contributed by atoms with Gasteiger partial charge in [0.1, 0.15) is 0 Å². The number of carboxylic acids is 1. The normalized spacial score (nSPS) is 17.0. The quantitative estimate of drug-likeness (QED) is 0.771. The highest BCUT2D eigenvalue weighted by Crippen LogP contribution is 2.21. The predicted molar refractivity (Wildman–Crippen MR) is 98.6 cm³/mol. The van der Waals surface area contributed by atoms with Crippen molar-refractivity contribution in [2.75, 3.05) is 26.2 Å². The second-order valence-electron chi connectivity index (χ2n) is 6.96. The van der Waals surface area contributed by atoms with E-state index in [0.29, 0.717) is 26.1 Å². The van der Waals surface area contributed by atoms with Gasteiger partial charge in [0.15, 0.2) is 0 Å². The Morgan fingerprint density at radius 2 is 1.96 bits per heavy atom. The van der Waals surface area contributed by atoms with Crippen LogP contribution >= 0.6 is 0 Å². The van der Waals surface area contributed by atoms with Gasteiger partial charge in [-0.2, -0.15) is 0 Å². The zero-order valence-corrected chi connectivity index (χ0v) is 15.4. The molecule has 2 rings (SSSR count). The van der Waals surface area contributed by atoms with Crippen LogP contribution in [0.3, 0.4) is 0 Å². The Balaban J connectivity index is 1.86. The molecule has 26 heavy (non-hydrogen) atoms. The van der Waals surface area contributed by atoms with Gasteiger partial charge in [-0.15, -0.1) is 0 Å². The molecule has 1 aliphatic heterocycles. The van der Waals surface area contributed by atoms with Crippen LogP contribution in [0.5, 0.6) is 0 Å². The van der Waals surface area contributed by atoms with Gasteiger partial charge in [0, 0.05) is 33.0 Å². The van der Waals surface area contributed by atoms with Crippen LogP contribution in [0.4, 0.5) is 0 Å². The molecule has 1 unspecified atom stereocenters. The summed E-state index contributed by atoms with van der Waals surface area (Å²) in [6.07, 6.45) is 3.31. The molecule has 1 fully saturated rings. The van der Waals surface area contributed by atoms with Crippen LogP contribution < -0.4 is 0 Å². The summed E-state index contributed by atoms with van der Waals surface area (Å²) in [4.78, 5) is 38.7. The molecule has 1 aromatic rings. The lowest BCUT2D eigenvalue weighted by Crippen LogP contribution is -2.46. The van der Waals surface area contributed by atoms with Crippen LogP contribution in [0.1, 0.15) is 38.2 Å². The van der Waals surface area contributed by atoms with E-state index < -0.39 is 5.97 Å². The SMILES string of the molecule is CC(=O)N(CCc1ccccc1)CC(=O)N1CCCC(CCC(=O)O)C1. The maximum Gasteiger partial charge on any atom is 0.303 e. The van der Waals surface area contributed by atoms with Gasteiger partial charge in [-0.3, -0.25) is 14.4 Å². The lowest BCUT2D eigenvalue weighted by Gasteiger charge is -2.34. The minimum Gasteiger partial charge on any atom is -0.481 e.